The summed E-state index contributed by atoms with van der Waals surface area (Å²) < 4.78 is 34.4. The van der Waals surface area contributed by atoms with Crippen LogP contribution in [0.3, 0.4) is 0 Å². The second kappa shape index (κ2) is 13.2. The van der Waals surface area contributed by atoms with E-state index in [1.165, 1.54) is 24.1 Å². The summed E-state index contributed by atoms with van der Waals surface area (Å²) in [6.07, 6.45) is 0.351. The summed E-state index contributed by atoms with van der Waals surface area (Å²) in [5.41, 5.74) is 2.54. The number of ether oxygens (including phenoxy) is 1. The quantitative estimate of drug-likeness (QED) is 0.336. The molecular weight excluding hydrogens is 538 g/mol. The predicted molar refractivity (Wildman–Crippen MR) is 162 cm³/mol. The number of nitrogens with zero attached hydrogens (tertiary/aromatic N) is 2. The van der Waals surface area contributed by atoms with E-state index in [1.807, 2.05) is 65.8 Å². The Labute approximate surface area is 244 Å². The molecule has 3 aromatic rings. The van der Waals surface area contributed by atoms with Crippen LogP contribution in [0.1, 0.15) is 50.8 Å². The van der Waals surface area contributed by atoms with Crippen molar-refractivity contribution in [2.24, 2.45) is 0 Å². The molecule has 0 aromatic heterocycles. The van der Waals surface area contributed by atoms with Gasteiger partial charge in [0, 0.05) is 18.2 Å². The molecule has 0 saturated heterocycles. The average Bonchev–Trinajstić information content (AvgIpc) is 2.90. The lowest BCUT2D eigenvalue weighted by atomic mass is 10.0. The summed E-state index contributed by atoms with van der Waals surface area (Å²) in [6, 6.07) is 20.0. The molecule has 0 fully saturated rings. The Morgan fingerprint density at radius 1 is 0.927 bits per heavy atom. The molecular formula is C32H41N3O5S. The number of amides is 2. The van der Waals surface area contributed by atoms with E-state index in [9.17, 15) is 18.0 Å². The molecule has 0 heterocycles. The Kier molecular flexibility index (Phi) is 10.2. The Hall–Kier alpha value is -3.85. The van der Waals surface area contributed by atoms with Crippen LogP contribution >= 0.6 is 0 Å². The average molecular weight is 580 g/mol. The Balaban J connectivity index is 2.09. The molecule has 0 aliphatic rings. The molecule has 2 amide bonds. The Morgan fingerprint density at radius 3 is 2.17 bits per heavy atom. The molecule has 1 atom stereocenters. The number of nitrogens with one attached hydrogen (secondary N) is 1. The fourth-order valence-electron chi connectivity index (χ4n) is 4.51. The molecule has 9 heteroatoms. The van der Waals surface area contributed by atoms with E-state index in [0.717, 1.165) is 21.0 Å². The lowest BCUT2D eigenvalue weighted by Crippen LogP contribution is -2.55. The van der Waals surface area contributed by atoms with Crippen LogP contribution in [-0.4, -0.2) is 50.4 Å². The summed E-state index contributed by atoms with van der Waals surface area (Å²) in [6.45, 7) is 10.9. The minimum absolute atomic E-state index is 0.0569. The molecule has 0 unspecified atom stereocenters. The molecule has 0 aliphatic heterocycles. The fraction of sp³-hybridized carbons (Fsp3) is 0.375. The lowest BCUT2D eigenvalue weighted by Gasteiger charge is -2.35. The first-order valence-electron chi connectivity index (χ1n) is 13.7. The smallest absolute Gasteiger partial charge is 0.264 e. The third-order valence-electron chi connectivity index (χ3n) is 6.55. The molecule has 3 rings (SSSR count). The molecule has 0 radical (unpaired) electrons. The zero-order chi connectivity index (χ0) is 30.4. The van der Waals surface area contributed by atoms with E-state index >= 15 is 0 Å². The van der Waals surface area contributed by atoms with Crippen molar-refractivity contribution in [1.82, 2.24) is 10.2 Å². The van der Waals surface area contributed by atoms with Gasteiger partial charge in [0.15, 0.2) is 0 Å². The molecule has 3 aromatic carbocycles. The van der Waals surface area contributed by atoms with Crippen molar-refractivity contribution >= 4 is 27.5 Å². The van der Waals surface area contributed by atoms with E-state index in [0.29, 0.717) is 12.2 Å². The number of anilines is 1. The number of carbonyl (C=O) groups excluding carboxylic acids is 2. The molecule has 41 heavy (non-hydrogen) atoms. The van der Waals surface area contributed by atoms with E-state index in [1.54, 1.807) is 36.4 Å². The van der Waals surface area contributed by atoms with E-state index < -0.39 is 34.1 Å². The van der Waals surface area contributed by atoms with Crippen molar-refractivity contribution < 1.29 is 22.7 Å². The molecule has 0 aliphatic carbocycles. The second-order valence-corrected chi connectivity index (χ2v) is 13.1. The molecule has 8 nitrogen and oxygen atoms in total. The summed E-state index contributed by atoms with van der Waals surface area (Å²) in [4.78, 5) is 29.1. The van der Waals surface area contributed by atoms with Gasteiger partial charge in [-0.25, -0.2) is 8.42 Å². The van der Waals surface area contributed by atoms with Crippen LogP contribution in [-0.2, 0) is 26.2 Å². The van der Waals surface area contributed by atoms with Gasteiger partial charge in [-0.15, -0.1) is 0 Å². The maximum Gasteiger partial charge on any atom is 0.264 e. The van der Waals surface area contributed by atoms with Gasteiger partial charge in [0.1, 0.15) is 18.3 Å². The highest BCUT2D eigenvalue weighted by Gasteiger charge is 2.34. The number of rotatable bonds is 11. The number of hydrogen-bond donors (Lipinski definition) is 1. The number of sulfonamides is 1. The largest absolute Gasteiger partial charge is 0.497 e. The number of benzene rings is 3. The number of hydrogen-bond acceptors (Lipinski definition) is 5. The van der Waals surface area contributed by atoms with Gasteiger partial charge in [-0.3, -0.25) is 13.9 Å². The number of aryl methyl sites for hydroxylation is 2. The van der Waals surface area contributed by atoms with Gasteiger partial charge in [0.2, 0.25) is 11.8 Å². The van der Waals surface area contributed by atoms with Crippen LogP contribution in [0.15, 0.2) is 77.7 Å². The summed E-state index contributed by atoms with van der Waals surface area (Å²) in [7, 11) is -2.66. The molecule has 0 saturated carbocycles. The molecule has 0 bridgehead atoms. The van der Waals surface area contributed by atoms with Gasteiger partial charge >= 0.3 is 0 Å². The van der Waals surface area contributed by atoms with Gasteiger partial charge in [-0.1, -0.05) is 60.5 Å². The summed E-state index contributed by atoms with van der Waals surface area (Å²) in [5.74, 6) is -0.345. The topological polar surface area (TPSA) is 96.0 Å². The van der Waals surface area contributed by atoms with Crippen molar-refractivity contribution in [3.8, 4) is 5.75 Å². The van der Waals surface area contributed by atoms with Crippen molar-refractivity contribution in [3.05, 3.63) is 89.5 Å². The standard InChI is InChI=1S/C32H41N3O5S/c1-8-29(31(37)33-32(4,5)6)34(21-25-12-9-11-24(3)19-25)30(36)22-35(26-13-10-14-27(20-26)40-7)41(38,39)28-17-15-23(2)16-18-28/h9-20,29H,8,21-22H2,1-7H3,(H,33,37)/t29-/m1/s1. The van der Waals surface area contributed by atoms with Gasteiger partial charge in [-0.05, 0) is 70.9 Å². The van der Waals surface area contributed by atoms with Crippen LogP contribution in [0, 0.1) is 13.8 Å². The van der Waals surface area contributed by atoms with Crippen molar-refractivity contribution in [2.75, 3.05) is 18.0 Å². The van der Waals surface area contributed by atoms with Crippen LogP contribution in [0.4, 0.5) is 5.69 Å². The SMILES string of the molecule is CC[C@H](C(=O)NC(C)(C)C)N(Cc1cccc(C)c1)C(=O)CN(c1cccc(OC)c1)S(=O)(=O)c1ccc(C)cc1. The van der Waals surface area contributed by atoms with Crippen molar-refractivity contribution in [3.63, 3.8) is 0 Å². The van der Waals surface area contributed by atoms with Gasteiger partial charge in [-0.2, -0.15) is 0 Å². The maximum absolute atomic E-state index is 14.2. The second-order valence-electron chi connectivity index (χ2n) is 11.2. The zero-order valence-electron chi connectivity index (χ0n) is 25.0. The third kappa shape index (κ3) is 8.33. The maximum atomic E-state index is 14.2. The summed E-state index contributed by atoms with van der Waals surface area (Å²) in [5, 5.41) is 2.98. The monoisotopic (exact) mass is 579 g/mol. The first-order chi connectivity index (χ1) is 19.2. The zero-order valence-corrected chi connectivity index (χ0v) is 25.8. The summed E-state index contributed by atoms with van der Waals surface area (Å²) >= 11 is 0. The molecule has 220 valence electrons. The van der Waals surface area contributed by atoms with E-state index in [4.69, 9.17) is 4.74 Å². The highest BCUT2D eigenvalue weighted by atomic mass is 32.2. The van der Waals surface area contributed by atoms with Crippen LogP contribution in [0.25, 0.3) is 0 Å². The van der Waals surface area contributed by atoms with Crippen LogP contribution in [0.2, 0.25) is 0 Å². The first-order valence-corrected chi connectivity index (χ1v) is 15.1. The van der Waals surface area contributed by atoms with Gasteiger partial charge in [0.25, 0.3) is 10.0 Å². The van der Waals surface area contributed by atoms with Crippen LogP contribution in [0.5, 0.6) is 5.75 Å². The third-order valence-corrected chi connectivity index (χ3v) is 8.34. The van der Waals surface area contributed by atoms with Crippen molar-refractivity contribution in [2.45, 2.75) is 71.0 Å². The van der Waals surface area contributed by atoms with E-state index in [-0.39, 0.29) is 23.0 Å². The minimum atomic E-state index is -4.16. The Morgan fingerprint density at radius 2 is 1.59 bits per heavy atom. The number of methoxy groups -OCH3 is 1. The predicted octanol–water partition coefficient (Wildman–Crippen LogP) is 5.23. The molecule has 0 spiro atoms. The Bertz CT molecular complexity index is 1460. The normalized spacial score (nSPS) is 12.4. The highest BCUT2D eigenvalue weighted by Crippen LogP contribution is 2.28. The molecule has 1 N–H and O–H groups in total. The lowest BCUT2D eigenvalue weighted by molar-refractivity contribution is -0.141. The fourth-order valence-corrected chi connectivity index (χ4v) is 5.92. The van der Waals surface area contributed by atoms with Crippen molar-refractivity contribution in [1.29, 1.82) is 0 Å². The van der Waals surface area contributed by atoms with Gasteiger partial charge in [0.05, 0.1) is 17.7 Å². The van der Waals surface area contributed by atoms with Gasteiger partial charge < -0.3 is 15.0 Å². The van der Waals surface area contributed by atoms with Crippen LogP contribution < -0.4 is 14.4 Å². The van der Waals surface area contributed by atoms with E-state index in [2.05, 4.69) is 5.32 Å². The highest BCUT2D eigenvalue weighted by molar-refractivity contribution is 7.92. The number of carbonyl (C=O) groups is 2. The first kappa shape index (κ1) is 31.7. The minimum Gasteiger partial charge on any atom is -0.497 e.